The van der Waals surface area contributed by atoms with Crippen LogP contribution in [0.5, 0.6) is 0 Å². The van der Waals surface area contributed by atoms with Crippen LogP contribution < -0.4 is 0 Å². The highest BCUT2D eigenvalue weighted by Crippen LogP contribution is 2.34. The molecule has 0 saturated carbocycles. The van der Waals surface area contributed by atoms with Gasteiger partial charge in [0.2, 0.25) is 0 Å². The van der Waals surface area contributed by atoms with Crippen molar-refractivity contribution in [3.63, 3.8) is 0 Å². The van der Waals surface area contributed by atoms with Crippen LogP contribution in [0.3, 0.4) is 0 Å². The predicted octanol–water partition coefficient (Wildman–Crippen LogP) is 3.32. The summed E-state index contributed by atoms with van der Waals surface area (Å²) in [6.45, 7) is 6.09. The number of hydrogen-bond donors (Lipinski definition) is 0. The topological polar surface area (TPSA) is 82.7 Å². The van der Waals surface area contributed by atoms with Crippen LogP contribution in [-0.2, 0) is 21.8 Å². The van der Waals surface area contributed by atoms with Gasteiger partial charge < -0.3 is 0 Å². The summed E-state index contributed by atoms with van der Waals surface area (Å²) in [6.07, 6.45) is 5.34. The van der Waals surface area contributed by atoms with Gasteiger partial charge in [0.1, 0.15) is 5.69 Å². The van der Waals surface area contributed by atoms with E-state index in [1.165, 1.54) is 0 Å². The molecule has 1 saturated heterocycles. The van der Waals surface area contributed by atoms with Gasteiger partial charge in [-0.1, -0.05) is 31.5 Å². The zero-order valence-corrected chi connectivity index (χ0v) is 18.0. The van der Waals surface area contributed by atoms with Crippen LogP contribution in [0.1, 0.15) is 44.5 Å². The monoisotopic (exact) mass is 413 g/mol. The largest absolute Gasteiger partial charge is 0.240 e. The lowest BCUT2D eigenvalue weighted by molar-refractivity contribution is 0.329. The molecule has 1 fully saturated rings. The summed E-state index contributed by atoms with van der Waals surface area (Å²) in [5, 5.41) is 9.55. The summed E-state index contributed by atoms with van der Waals surface area (Å²) in [7, 11) is -3.07. The van der Waals surface area contributed by atoms with Gasteiger partial charge in [0.15, 0.2) is 21.5 Å². The van der Waals surface area contributed by atoms with Crippen LogP contribution in [0.4, 0.5) is 0 Å². The first-order valence-electron chi connectivity index (χ1n) is 10.1. The molecule has 8 heteroatoms. The van der Waals surface area contributed by atoms with E-state index < -0.39 is 15.4 Å². The van der Waals surface area contributed by atoms with Gasteiger partial charge in [-0.05, 0) is 44.4 Å². The molecule has 3 aromatic rings. The van der Waals surface area contributed by atoms with Crippen molar-refractivity contribution >= 4 is 9.84 Å². The number of hydrogen-bond acceptors (Lipinski definition) is 5. The quantitative estimate of drug-likeness (QED) is 0.619. The second-order valence-corrected chi connectivity index (χ2v) is 10.3. The van der Waals surface area contributed by atoms with Gasteiger partial charge in [-0.25, -0.2) is 22.8 Å². The molecule has 29 heavy (non-hydrogen) atoms. The Morgan fingerprint density at radius 1 is 1.17 bits per heavy atom. The van der Waals surface area contributed by atoms with Crippen LogP contribution in [0.15, 0.2) is 36.5 Å². The maximum absolute atomic E-state index is 12.2. The van der Waals surface area contributed by atoms with Crippen LogP contribution >= 0.6 is 0 Å². The van der Waals surface area contributed by atoms with Gasteiger partial charge in [-0.3, -0.25) is 0 Å². The molecule has 1 aliphatic heterocycles. The molecule has 1 unspecified atom stereocenters. The fourth-order valence-electron chi connectivity index (χ4n) is 3.88. The van der Waals surface area contributed by atoms with Gasteiger partial charge in [0, 0.05) is 12.6 Å². The Kier molecular flexibility index (Phi) is 5.06. The molecule has 0 spiro atoms. The summed E-state index contributed by atoms with van der Waals surface area (Å²) in [5.74, 6) is 1.68. The standard InChI is InChI=1S/C21H27N5O2S/c1-4-5-11-18-22-20(26(23-18)21(3)12-13-29(27,28)15-21)19-16(2)14-25(24-19)17-9-7-6-8-10-17/h6-10,14H,4-5,11-13,15H2,1-3H3. The minimum Gasteiger partial charge on any atom is -0.240 e. The minimum atomic E-state index is -3.07. The van der Waals surface area contributed by atoms with E-state index in [1.54, 1.807) is 0 Å². The van der Waals surface area contributed by atoms with Gasteiger partial charge in [-0.2, -0.15) is 10.2 Å². The van der Waals surface area contributed by atoms with Gasteiger partial charge in [0.05, 0.1) is 22.7 Å². The Morgan fingerprint density at radius 2 is 1.93 bits per heavy atom. The highest BCUT2D eigenvalue weighted by Gasteiger charge is 2.43. The van der Waals surface area contributed by atoms with Crippen molar-refractivity contribution in [3.8, 4) is 17.2 Å². The molecular formula is C21H27N5O2S. The van der Waals surface area contributed by atoms with Crippen LogP contribution in [0, 0.1) is 6.92 Å². The molecule has 7 nitrogen and oxygen atoms in total. The second kappa shape index (κ2) is 7.40. The smallest absolute Gasteiger partial charge is 0.179 e. The van der Waals surface area contributed by atoms with Gasteiger partial charge in [-0.15, -0.1) is 0 Å². The van der Waals surface area contributed by atoms with Gasteiger partial charge in [0.25, 0.3) is 0 Å². The summed E-state index contributed by atoms with van der Waals surface area (Å²) in [5.41, 5.74) is 2.09. The summed E-state index contributed by atoms with van der Waals surface area (Å²) < 4.78 is 28.1. The molecule has 1 atom stereocenters. The van der Waals surface area contributed by atoms with Crippen LogP contribution in [0.2, 0.25) is 0 Å². The van der Waals surface area contributed by atoms with E-state index >= 15 is 0 Å². The highest BCUT2D eigenvalue weighted by atomic mass is 32.2. The molecule has 154 valence electrons. The second-order valence-electron chi connectivity index (χ2n) is 8.15. The van der Waals surface area contributed by atoms with Gasteiger partial charge >= 0.3 is 0 Å². The SMILES string of the molecule is CCCCc1nc(-c2nn(-c3ccccc3)cc2C)n(C2(C)CCS(=O)(=O)C2)n1. The molecule has 3 heterocycles. The minimum absolute atomic E-state index is 0.0853. The van der Waals surface area contributed by atoms with Crippen molar-refractivity contribution in [1.82, 2.24) is 24.5 Å². The molecule has 4 rings (SSSR count). The predicted molar refractivity (Wildman–Crippen MR) is 113 cm³/mol. The molecule has 0 bridgehead atoms. The number of aryl methyl sites for hydroxylation is 2. The average molecular weight is 414 g/mol. The Bertz CT molecular complexity index is 1120. The van der Waals surface area contributed by atoms with E-state index in [9.17, 15) is 8.42 Å². The molecule has 0 amide bonds. The zero-order valence-electron chi connectivity index (χ0n) is 17.2. The summed E-state index contributed by atoms with van der Waals surface area (Å²) >= 11 is 0. The molecule has 0 aliphatic carbocycles. The summed E-state index contributed by atoms with van der Waals surface area (Å²) in [6, 6.07) is 9.92. The zero-order chi connectivity index (χ0) is 20.6. The number of nitrogens with zero attached hydrogens (tertiary/aromatic N) is 5. The number of benzene rings is 1. The average Bonchev–Trinajstić information content (AvgIpc) is 3.36. The lowest BCUT2D eigenvalue weighted by Crippen LogP contribution is -2.33. The number of rotatable bonds is 6. The first kappa shape index (κ1) is 19.8. The van der Waals surface area contributed by atoms with Crippen molar-refractivity contribution in [2.45, 2.75) is 52.0 Å². The van der Waals surface area contributed by atoms with Crippen LogP contribution in [-0.4, -0.2) is 44.5 Å². The maximum atomic E-state index is 12.2. The number of sulfone groups is 1. The third-order valence-corrected chi connectivity index (χ3v) is 7.42. The lowest BCUT2D eigenvalue weighted by atomic mass is 10.0. The molecule has 0 radical (unpaired) electrons. The maximum Gasteiger partial charge on any atom is 0.179 e. The number of unbranched alkanes of at least 4 members (excludes halogenated alkanes) is 1. The van der Waals surface area contributed by atoms with Crippen molar-refractivity contribution in [2.75, 3.05) is 11.5 Å². The third kappa shape index (κ3) is 3.85. The van der Waals surface area contributed by atoms with E-state index in [2.05, 4.69) is 6.92 Å². The van der Waals surface area contributed by atoms with E-state index in [4.69, 9.17) is 15.2 Å². The van der Waals surface area contributed by atoms with Crippen molar-refractivity contribution in [3.05, 3.63) is 47.9 Å². The van der Waals surface area contributed by atoms with Crippen molar-refractivity contribution in [1.29, 1.82) is 0 Å². The Morgan fingerprint density at radius 3 is 2.59 bits per heavy atom. The van der Waals surface area contributed by atoms with Crippen LogP contribution in [0.25, 0.3) is 17.2 Å². The first-order chi connectivity index (χ1) is 13.8. The molecule has 1 aromatic carbocycles. The summed E-state index contributed by atoms with van der Waals surface area (Å²) in [4.78, 5) is 4.80. The Hall–Kier alpha value is -2.48. The van der Waals surface area contributed by atoms with E-state index in [1.807, 2.05) is 59.7 Å². The fraction of sp³-hybridized carbons (Fsp3) is 0.476. The van der Waals surface area contributed by atoms with Crippen molar-refractivity contribution in [2.24, 2.45) is 0 Å². The molecule has 2 aromatic heterocycles. The molecule has 0 N–H and O–H groups in total. The Labute approximate surface area is 171 Å². The normalized spacial score (nSPS) is 20.9. The third-order valence-electron chi connectivity index (χ3n) is 5.53. The van der Waals surface area contributed by atoms with Crippen molar-refractivity contribution < 1.29 is 8.42 Å². The molecule has 1 aliphatic rings. The number of para-hydroxylation sites is 1. The Balaban J connectivity index is 1.81. The van der Waals surface area contributed by atoms with E-state index in [-0.39, 0.29) is 11.5 Å². The number of aromatic nitrogens is 5. The fourth-order valence-corrected chi connectivity index (χ4v) is 5.99. The van der Waals surface area contributed by atoms with E-state index in [0.29, 0.717) is 12.2 Å². The van der Waals surface area contributed by atoms with E-state index in [0.717, 1.165) is 42.0 Å². The highest BCUT2D eigenvalue weighted by molar-refractivity contribution is 7.91. The lowest BCUT2D eigenvalue weighted by Gasteiger charge is -2.24. The molecular weight excluding hydrogens is 386 g/mol. The first-order valence-corrected chi connectivity index (χ1v) is 11.9.